The van der Waals surface area contributed by atoms with Crippen LogP contribution >= 0.6 is 15.9 Å². The molecule has 7 heteroatoms. The SMILES string of the molecule is COc1cc(Br)c2c3c1OC1CC(O)C=CC31CCN(CCNCCO)C2. The molecule has 3 atom stereocenters. The first-order valence-electron chi connectivity index (χ1n) is 9.57. The number of aliphatic hydroxyl groups excluding tert-OH is 2. The number of ether oxygens (including phenoxy) is 2. The predicted octanol–water partition coefficient (Wildman–Crippen LogP) is 1.56. The molecule has 3 N–H and O–H groups in total. The maximum atomic E-state index is 10.2. The molecule has 0 fully saturated rings. The molecule has 2 aliphatic heterocycles. The van der Waals surface area contributed by atoms with Crippen LogP contribution in [-0.4, -0.2) is 67.2 Å². The Labute approximate surface area is 168 Å². The summed E-state index contributed by atoms with van der Waals surface area (Å²) in [5.74, 6) is 1.58. The van der Waals surface area contributed by atoms with Gasteiger partial charge in [0.15, 0.2) is 11.5 Å². The van der Waals surface area contributed by atoms with E-state index >= 15 is 0 Å². The van der Waals surface area contributed by atoms with Crippen molar-refractivity contribution in [2.45, 2.75) is 37.0 Å². The van der Waals surface area contributed by atoms with Crippen molar-refractivity contribution >= 4 is 15.9 Å². The van der Waals surface area contributed by atoms with Gasteiger partial charge in [-0.15, -0.1) is 0 Å². The minimum atomic E-state index is -0.463. The summed E-state index contributed by atoms with van der Waals surface area (Å²) in [4.78, 5) is 2.44. The van der Waals surface area contributed by atoms with Gasteiger partial charge in [-0.1, -0.05) is 28.1 Å². The van der Waals surface area contributed by atoms with Gasteiger partial charge in [-0.2, -0.15) is 0 Å². The Bertz CT molecular complexity index is 741. The van der Waals surface area contributed by atoms with Crippen molar-refractivity contribution in [1.82, 2.24) is 10.2 Å². The van der Waals surface area contributed by atoms with Crippen molar-refractivity contribution in [3.05, 3.63) is 33.8 Å². The van der Waals surface area contributed by atoms with Crippen LogP contribution in [-0.2, 0) is 12.0 Å². The lowest BCUT2D eigenvalue weighted by Crippen LogP contribution is -2.43. The Balaban J connectivity index is 1.72. The molecule has 0 saturated heterocycles. The molecule has 6 nitrogen and oxygen atoms in total. The van der Waals surface area contributed by atoms with Gasteiger partial charge in [0, 0.05) is 42.6 Å². The molecule has 4 rings (SSSR count). The quantitative estimate of drug-likeness (QED) is 0.462. The molecule has 148 valence electrons. The first kappa shape index (κ1) is 19.2. The van der Waals surface area contributed by atoms with E-state index in [0.29, 0.717) is 13.0 Å². The maximum Gasteiger partial charge on any atom is 0.166 e. The molecule has 1 spiro atoms. The average molecular weight is 439 g/mol. The van der Waals surface area contributed by atoms with Crippen molar-refractivity contribution < 1.29 is 19.7 Å². The van der Waals surface area contributed by atoms with Crippen molar-refractivity contribution in [2.75, 3.05) is 39.9 Å². The van der Waals surface area contributed by atoms with Crippen LogP contribution in [0.1, 0.15) is 24.0 Å². The second-order valence-electron chi connectivity index (χ2n) is 7.55. The van der Waals surface area contributed by atoms with Crippen LogP contribution in [0.3, 0.4) is 0 Å². The Morgan fingerprint density at radius 3 is 3.07 bits per heavy atom. The fourth-order valence-corrected chi connectivity index (χ4v) is 5.18. The summed E-state index contributed by atoms with van der Waals surface area (Å²) in [7, 11) is 1.67. The molecule has 1 aromatic rings. The summed E-state index contributed by atoms with van der Waals surface area (Å²) < 4.78 is 13.0. The normalized spacial score (nSPS) is 29.0. The lowest BCUT2D eigenvalue weighted by atomic mass is 9.69. The monoisotopic (exact) mass is 438 g/mol. The van der Waals surface area contributed by atoms with Gasteiger partial charge in [-0.05, 0) is 24.6 Å². The fraction of sp³-hybridized carbons (Fsp3) is 0.600. The van der Waals surface area contributed by atoms with Gasteiger partial charge in [-0.3, -0.25) is 4.90 Å². The Hall–Kier alpha value is -1.12. The lowest BCUT2D eigenvalue weighted by Gasteiger charge is -2.36. The van der Waals surface area contributed by atoms with E-state index in [0.717, 1.165) is 48.6 Å². The number of methoxy groups -OCH3 is 1. The van der Waals surface area contributed by atoms with E-state index in [4.69, 9.17) is 14.6 Å². The van der Waals surface area contributed by atoms with Crippen LogP contribution in [0.2, 0.25) is 0 Å². The van der Waals surface area contributed by atoms with Crippen molar-refractivity contribution in [2.24, 2.45) is 0 Å². The van der Waals surface area contributed by atoms with Gasteiger partial charge in [-0.25, -0.2) is 0 Å². The number of hydrogen-bond acceptors (Lipinski definition) is 6. The highest BCUT2D eigenvalue weighted by atomic mass is 79.9. The highest BCUT2D eigenvalue weighted by molar-refractivity contribution is 9.10. The first-order chi connectivity index (χ1) is 13.1. The predicted molar refractivity (Wildman–Crippen MR) is 106 cm³/mol. The van der Waals surface area contributed by atoms with Crippen LogP contribution in [0.4, 0.5) is 0 Å². The molecule has 2 heterocycles. The zero-order chi connectivity index (χ0) is 19.0. The molecule has 0 amide bonds. The molecule has 1 aliphatic carbocycles. The Kier molecular flexibility index (Phi) is 5.49. The van der Waals surface area contributed by atoms with Crippen LogP contribution in [0.5, 0.6) is 11.5 Å². The van der Waals surface area contributed by atoms with Gasteiger partial charge in [0.2, 0.25) is 0 Å². The number of rotatable bonds is 6. The lowest BCUT2D eigenvalue weighted by molar-refractivity contribution is 0.0810. The second kappa shape index (κ2) is 7.72. The van der Waals surface area contributed by atoms with Gasteiger partial charge in [0.05, 0.1) is 25.2 Å². The summed E-state index contributed by atoms with van der Waals surface area (Å²) >= 11 is 3.76. The zero-order valence-electron chi connectivity index (χ0n) is 15.6. The minimum absolute atomic E-state index is 0.0677. The molecule has 3 unspecified atom stereocenters. The van der Waals surface area contributed by atoms with E-state index in [2.05, 4.69) is 32.2 Å². The maximum absolute atomic E-state index is 10.2. The Morgan fingerprint density at radius 2 is 2.30 bits per heavy atom. The standard InChI is InChI=1S/C20H27BrN2O4/c1-26-16-11-15(21)14-12-23(8-5-22-6-9-24)7-4-20-3-2-13(25)10-17(20)27-19(16)18(14)20/h2-3,11,13,17,22,24-25H,4-10,12H2,1H3. The van der Waals surface area contributed by atoms with Gasteiger partial charge < -0.3 is 25.0 Å². The largest absolute Gasteiger partial charge is 0.493 e. The van der Waals surface area contributed by atoms with Gasteiger partial charge >= 0.3 is 0 Å². The molecule has 1 aromatic carbocycles. The topological polar surface area (TPSA) is 74.2 Å². The number of nitrogens with zero attached hydrogens (tertiary/aromatic N) is 1. The van der Waals surface area contributed by atoms with E-state index in [1.165, 1.54) is 11.1 Å². The highest BCUT2D eigenvalue weighted by Crippen LogP contribution is 2.57. The van der Waals surface area contributed by atoms with E-state index < -0.39 is 6.10 Å². The summed E-state index contributed by atoms with van der Waals surface area (Å²) in [6, 6.07) is 1.99. The number of benzene rings is 1. The Morgan fingerprint density at radius 1 is 1.44 bits per heavy atom. The second-order valence-corrected chi connectivity index (χ2v) is 8.41. The molecular weight excluding hydrogens is 412 g/mol. The van der Waals surface area contributed by atoms with Crippen molar-refractivity contribution in [1.29, 1.82) is 0 Å². The fourth-order valence-electron chi connectivity index (χ4n) is 4.65. The van der Waals surface area contributed by atoms with Crippen LogP contribution in [0, 0.1) is 0 Å². The molecule has 0 saturated carbocycles. The summed E-state index contributed by atoms with van der Waals surface area (Å²) in [6.07, 6.45) is 5.10. The summed E-state index contributed by atoms with van der Waals surface area (Å²) in [5.41, 5.74) is 2.25. The van der Waals surface area contributed by atoms with Crippen LogP contribution in [0.25, 0.3) is 0 Å². The molecular formula is C20H27BrN2O4. The smallest absolute Gasteiger partial charge is 0.166 e. The van der Waals surface area contributed by atoms with E-state index in [9.17, 15) is 5.11 Å². The van der Waals surface area contributed by atoms with E-state index in [-0.39, 0.29) is 18.1 Å². The van der Waals surface area contributed by atoms with Crippen molar-refractivity contribution in [3.8, 4) is 11.5 Å². The van der Waals surface area contributed by atoms with E-state index in [1.54, 1.807) is 7.11 Å². The summed E-state index contributed by atoms with van der Waals surface area (Å²) in [5, 5.41) is 22.4. The number of halogens is 1. The van der Waals surface area contributed by atoms with E-state index in [1.807, 2.05) is 12.1 Å². The first-order valence-corrected chi connectivity index (χ1v) is 10.4. The third-order valence-electron chi connectivity index (χ3n) is 6.01. The summed E-state index contributed by atoms with van der Waals surface area (Å²) in [6.45, 7) is 4.33. The molecule has 0 bridgehead atoms. The minimum Gasteiger partial charge on any atom is -0.493 e. The van der Waals surface area contributed by atoms with Crippen LogP contribution in [0.15, 0.2) is 22.7 Å². The number of hydrogen-bond donors (Lipinski definition) is 3. The average Bonchev–Trinajstić information content (AvgIpc) is 2.89. The highest BCUT2D eigenvalue weighted by Gasteiger charge is 2.53. The molecule has 27 heavy (non-hydrogen) atoms. The van der Waals surface area contributed by atoms with Crippen LogP contribution < -0.4 is 14.8 Å². The molecule has 0 radical (unpaired) electrons. The third kappa shape index (κ3) is 3.29. The number of nitrogens with one attached hydrogen (secondary N) is 1. The number of aliphatic hydroxyl groups is 2. The van der Waals surface area contributed by atoms with Gasteiger partial charge in [0.25, 0.3) is 0 Å². The molecule has 3 aliphatic rings. The third-order valence-corrected chi connectivity index (χ3v) is 6.71. The van der Waals surface area contributed by atoms with Gasteiger partial charge in [0.1, 0.15) is 6.10 Å². The zero-order valence-corrected chi connectivity index (χ0v) is 17.2. The van der Waals surface area contributed by atoms with Crippen molar-refractivity contribution in [3.63, 3.8) is 0 Å². The molecule has 0 aromatic heterocycles.